The lowest BCUT2D eigenvalue weighted by molar-refractivity contribution is -0.137. The lowest BCUT2D eigenvalue weighted by atomic mass is 10.3. The molecular weight excluding hydrogens is 190 g/mol. The second-order valence-electron chi connectivity index (χ2n) is 2.64. The molecule has 72 valence electrons. The van der Waals surface area contributed by atoms with Gasteiger partial charge in [0.25, 0.3) is 0 Å². The van der Waals surface area contributed by atoms with E-state index in [9.17, 15) is 4.79 Å². The Balaban J connectivity index is 2.26. The van der Waals surface area contributed by atoms with Gasteiger partial charge in [-0.2, -0.15) is 4.37 Å². The molecule has 1 N–H and O–H groups in total. The summed E-state index contributed by atoms with van der Waals surface area (Å²) >= 11 is 1.31. The molecule has 1 aromatic rings. The molecule has 0 amide bonds. The van der Waals surface area contributed by atoms with Crippen LogP contribution in [-0.2, 0) is 4.79 Å². The quantitative estimate of drug-likeness (QED) is 0.764. The molecule has 0 saturated carbocycles. The molecule has 0 saturated heterocycles. The van der Waals surface area contributed by atoms with Crippen LogP contribution < -0.4 is 4.90 Å². The van der Waals surface area contributed by atoms with Crippen LogP contribution in [0.2, 0.25) is 0 Å². The highest BCUT2D eigenvalue weighted by atomic mass is 32.1. The minimum atomic E-state index is -0.759. The van der Waals surface area contributed by atoms with E-state index in [-0.39, 0.29) is 6.42 Å². The zero-order chi connectivity index (χ0) is 9.68. The van der Waals surface area contributed by atoms with Gasteiger partial charge in [-0.3, -0.25) is 4.79 Å². The van der Waals surface area contributed by atoms with Gasteiger partial charge in [0, 0.05) is 31.5 Å². The van der Waals surface area contributed by atoms with Gasteiger partial charge in [0.15, 0.2) is 0 Å². The molecule has 0 radical (unpaired) electrons. The van der Waals surface area contributed by atoms with Gasteiger partial charge in [-0.05, 0) is 6.42 Å². The third-order valence-corrected chi connectivity index (χ3v) is 2.34. The maximum Gasteiger partial charge on any atom is 0.303 e. The van der Waals surface area contributed by atoms with Gasteiger partial charge in [0.2, 0.25) is 5.13 Å². The fraction of sp³-hybridized carbons (Fsp3) is 0.571. The van der Waals surface area contributed by atoms with Crippen LogP contribution in [0, 0.1) is 0 Å². The maximum absolute atomic E-state index is 10.2. The Kier molecular flexibility index (Phi) is 3.63. The van der Waals surface area contributed by atoms with Crippen molar-refractivity contribution in [1.82, 2.24) is 9.36 Å². The Bertz CT molecular complexity index is 263. The van der Waals surface area contributed by atoms with Crippen molar-refractivity contribution in [2.24, 2.45) is 0 Å². The third-order valence-electron chi connectivity index (χ3n) is 1.56. The molecule has 1 aromatic heterocycles. The average Bonchev–Trinajstić information content (AvgIpc) is 2.55. The highest BCUT2D eigenvalue weighted by Crippen LogP contribution is 2.12. The number of nitrogens with zero attached hydrogens (tertiary/aromatic N) is 3. The summed E-state index contributed by atoms with van der Waals surface area (Å²) in [5, 5.41) is 9.24. The molecule has 0 unspecified atom stereocenters. The monoisotopic (exact) mass is 201 g/mol. The molecule has 13 heavy (non-hydrogen) atoms. The van der Waals surface area contributed by atoms with Gasteiger partial charge >= 0.3 is 5.97 Å². The zero-order valence-corrected chi connectivity index (χ0v) is 8.12. The predicted octanol–water partition coefficient (Wildman–Crippen LogP) is 0.839. The molecular formula is C7H11N3O2S. The Labute approximate surface area is 80.2 Å². The topological polar surface area (TPSA) is 66.3 Å². The van der Waals surface area contributed by atoms with E-state index in [0.29, 0.717) is 13.0 Å². The van der Waals surface area contributed by atoms with Crippen LogP contribution in [0.25, 0.3) is 0 Å². The third kappa shape index (κ3) is 3.37. The van der Waals surface area contributed by atoms with Gasteiger partial charge < -0.3 is 10.0 Å². The summed E-state index contributed by atoms with van der Waals surface area (Å²) < 4.78 is 3.86. The van der Waals surface area contributed by atoms with Crippen LogP contribution in [0.5, 0.6) is 0 Å². The van der Waals surface area contributed by atoms with Gasteiger partial charge in [-0.25, -0.2) is 4.98 Å². The van der Waals surface area contributed by atoms with Crippen LogP contribution in [0.4, 0.5) is 5.13 Å². The average molecular weight is 201 g/mol. The van der Waals surface area contributed by atoms with Gasteiger partial charge in [0.05, 0.1) is 0 Å². The number of carboxylic acid groups (broad SMARTS) is 1. The SMILES string of the molecule is CN(CCCC(=O)O)c1ncns1. The fourth-order valence-corrected chi connectivity index (χ4v) is 1.41. The van der Waals surface area contributed by atoms with Crippen molar-refractivity contribution in [3.8, 4) is 0 Å². The van der Waals surface area contributed by atoms with Crippen LogP contribution in [-0.4, -0.2) is 34.0 Å². The molecule has 6 heteroatoms. The van der Waals surface area contributed by atoms with Gasteiger partial charge in [0.1, 0.15) is 6.33 Å². The van der Waals surface area contributed by atoms with Crippen LogP contribution in [0.3, 0.4) is 0 Å². The Hall–Kier alpha value is -1.17. The van der Waals surface area contributed by atoms with E-state index >= 15 is 0 Å². The number of hydrogen-bond donors (Lipinski definition) is 1. The summed E-state index contributed by atoms with van der Waals surface area (Å²) in [6, 6.07) is 0. The molecule has 0 spiro atoms. The van der Waals surface area contributed by atoms with E-state index in [0.717, 1.165) is 5.13 Å². The van der Waals surface area contributed by atoms with Crippen molar-refractivity contribution in [2.75, 3.05) is 18.5 Å². The van der Waals surface area contributed by atoms with Crippen LogP contribution in [0.1, 0.15) is 12.8 Å². The summed E-state index contributed by atoms with van der Waals surface area (Å²) in [6.07, 6.45) is 2.32. The first-order valence-electron chi connectivity index (χ1n) is 3.90. The molecule has 0 atom stereocenters. The van der Waals surface area contributed by atoms with Crippen LogP contribution in [0.15, 0.2) is 6.33 Å². The predicted molar refractivity (Wildman–Crippen MR) is 50.0 cm³/mol. The summed E-state index contributed by atoms with van der Waals surface area (Å²) in [4.78, 5) is 16.1. The highest BCUT2D eigenvalue weighted by Gasteiger charge is 2.04. The van der Waals surface area contributed by atoms with Gasteiger partial charge in [-0.1, -0.05) is 0 Å². The zero-order valence-electron chi connectivity index (χ0n) is 7.30. The molecule has 0 aliphatic carbocycles. The number of aliphatic carboxylic acids is 1. The van der Waals surface area contributed by atoms with E-state index in [1.54, 1.807) is 0 Å². The molecule has 0 bridgehead atoms. The first kappa shape index (κ1) is 9.91. The van der Waals surface area contributed by atoms with E-state index in [2.05, 4.69) is 9.36 Å². The number of rotatable bonds is 5. The summed E-state index contributed by atoms with van der Waals surface area (Å²) in [6.45, 7) is 0.696. The van der Waals surface area contributed by atoms with Crippen molar-refractivity contribution in [3.05, 3.63) is 6.33 Å². The Morgan fingerprint density at radius 2 is 2.54 bits per heavy atom. The van der Waals surface area contributed by atoms with Crippen molar-refractivity contribution in [2.45, 2.75) is 12.8 Å². The molecule has 1 rings (SSSR count). The number of carboxylic acids is 1. The smallest absolute Gasteiger partial charge is 0.303 e. The van der Waals surface area contributed by atoms with E-state index in [4.69, 9.17) is 5.11 Å². The number of carbonyl (C=O) groups is 1. The van der Waals surface area contributed by atoms with Crippen molar-refractivity contribution in [3.63, 3.8) is 0 Å². The number of anilines is 1. The van der Waals surface area contributed by atoms with Crippen molar-refractivity contribution >= 4 is 22.6 Å². The first-order valence-corrected chi connectivity index (χ1v) is 4.67. The standard InChI is InChI=1S/C7H11N3O2S/c1-10(4-2-3-6(11)12)7-8-5-9-13-7/h5H,2-4H2,1H3,(H,11,12). The Morgan fingerprint density at radius 1 is 1.77 bits per heavy atom. The normalized spacial score (nSPS) is 9.92. The first-order chi connectivity index (χ1) is 6.20. The fourth-order valence-electron chi connectivity index (χ4n) is 0.899. The molecule has 0 aliphatic rings. The lowest BCUT2D eigenvalue weighted by Gasteiger charge is -2.13. The van der Waals surface area contributed by atoms with E-state index in [1.165, 1.54) is 17.9 Å². The summed E-state index contributed by atoms with van der Waals surface area (Å²) in [5.74, 6) is -0.759. The van der Waals surface area contributed by atoms with Crippen LogP contribution >= 0.6 is 11.5 Å². The minimum Gasteiger partial charge on any atom is -0.481 e. The largest absolute Gasteiger partial charge is 0.481 e. The molecule has 0 aromatic carbocycles. The van der Waals surface area contributed by atoms with Crippen molar-refractivity contribution < 1.29 is 9.90 Å². The minimum absolute atomic E-state index is 0.198. The Morgan fingerprint density at radius 3 is 3.08 bits per heavy atom. The lowest BCUT2D eigenvalue weighted by Crippen LogP contribution is -2.18. The summed E-state index contributed by atoms with van der Waals surface area (Å²) in [5.41, 5.74) is 0. The second kappa shape index (κ2) is 4.76. The van der Waals surface area contributed by atoms with Crippen molar-refractivity contribution in [1.29, 1.82) is 0 Å². The van der Waals surface area contributed by atoms with E-state index in [1.807, 2.05) is 11.9 Å². The van der Waals surface area contributed by atoms with E-state index < -0.39 is 5.97 Å². The van der Waals surface area contributed by atoms with Gasteiger partial charge in [-0.15, -0.1) is 0 Å². The molecule has 5 nitrogen and oxygen atoms in total. The summed E-state index contributed by atoms with van der Waals surface area (Å²) in [7, 11) is 1.88. The second-order valence-corrected chi connectivity index (χ2v) is 3.40. The maximum atomic E-state index is 10.2. The number of aromatic nitrogens is 2. The number of hydrogen-bond acceptors (Lipinski definition) is 5. The molecule has 0 fully saturated rings. The molecule has 1 heterocycles. The highest BCUT2D eigenvalue weighted by molar-refractivity contribution is 7.09. The molecule has 0 aliphatic heterocycles.